The summed E-state index contributed by atoms with van der Waals surface area (Å²) in [6.45, 7) is 3.86. The topological polar surface area (TPSA) is 85.2 Å². The van der Waals surface area contributed by atoms with Crippen molar-refractivity contribution in [2.24, 2.45) is 0 Å². The van der Waals surface area contributed by atoms with Crippen molar-refractivity contribution in [2.75, 3.05) is 21.3 Å². The van der Waals surface area contributed by atoms with Crippen molar-refractivity contribution in [1.82, 2.24) is 0 Å². The van der Waals surface area contributed by atoms with Crippen molar-refractivity contribution in [1.29, 1.82) is 0 Å². The Balaban J connectivity index is 2.37. The molecule has 0 aliphatic heterocycles. The van der Waals surface area contributed by atoms with Crippen molar-refractivity contribution < 1.29 is 29.2 Å². The van der Waals surface area contributed by atoms with Gasteiger partial charge >= 0.3 is 0 Å². The highest BCUT2D eigenvalue weighted by Gasteiger charge is 2.60. The van der Waals surface area contributed by atoms with Crippen molar-refractivity contribution in [3.8, 4) is 11.5 Å². The summed E-state index contributed by atoms with van der Waals surface area (Å²) >= 11 is 0. The van der Waals surface area contributed by atoms with Crippen LogP contribution in [0.2, 0.25) is 0 Å². The van der Waals surface area contributed by atoms with Crippen molar-refractivity contribution >= 4 is 5.78 Å². The summed E-state index contributed by atoms with van der Waals surface area (Å²) < 4.78 is 16.2. The Kier molecular flexibility index (Phi) is 3.69. The van der Waals surface area contributed by atoms with Gasteiger partial charge in [-0.25, -0.2) is 0 Å². The second-order valence-corrected chi connectivity index (χ2v) is 6.03. The van der Waals surface area contributed by atoms with Gasteiger partial charge in [0.15, 0.2) is 22.9 Å². The molecule has 0 saturated carbocycles. The summed E-state index contributed by atoms with van der Waals surface area (Å²) in [5.74, 6) is -0.500. The molecule has 0 heterocycles. The van der Waals surface area contributed by atoms with Gasteiger partial charge in [-0.3, -0.25) is 4.79 Å². The lowest BCUT2D eigenvalue weighted by Gasteiger charge is -2.51. The largest absolute Gasteiger partial charge is 0.504 e. The highest BCUT2D eigenvalue weighted by molar-refractivity contribution is 6.00. The lowest BCUT2D eigenvalue weighted by molar-refractivity contribution is -0.154. The minimum absolute atomic E-state index is 0.00732. The molecule has 0 fully saturated rings. The number of ketones is 1. The summed E-state index contributed by atoms with van der Waals surface area (Å²) in [6.07, 6.45) is 2.93. The van der Waals surface area contributed by atoms with E-state index in [-0.39, 0.29) is 17.9 Å². The summed E-state index contributed by atoms with van der Waals surface area (Å²) in [7, 11) is 4.35. The third-order valence-corrected chi connectivity index (χ3v) is 5.06. The van der Waals surface area contributed by atoms with E-state index in [1.54, 1.807) is 6.08 Å². The third-order valence-electron chi connectivity index (χ3n) is 5.06. The van der Waals surface area contributed by atoms with Gasteiger partial charge in [0.25, 0.3) is 0 Å². The predicted molar refractivity (Wildman–Crippen MR) is 85.9 cm³/mol. The molecule has 0 radical (unpaired) electrons. The summed E-state index contributed by atoms with van der Waals surface area (Å²) in [6, 6.07) is 2.97. The minimum Gasteiger partial charge on any atom is -0.504 e. The Hall–Kier alpha value is -2.31. The first kappa shape index (κ1) is 16.5. The molecule has 0 saturated heterocycles. The molecule has 0 amide bonds. The Morgan fingerprint density at radius 3 is 2.54 bits per heavy atom. The SMILES string of the molecule is C=CC1c2cc(O)c(OC)cc2C2(O)CC1(OC)C(OC)=CC2=O. The second-order valence-electron chi connectivity index (χ2n) is 6.03. The Bertz CT molecular complexity index is 752. The number of rotatable bonds is 4. The molecule has 24 heavy (non-hydrogen) atoms. The first-order chi connectivity index (χ1) is 11.4. The van der Waals surface area contributed by atoms with E-state index in [4.69, 9.17) is 14.2 Å². The first-order valence-corrected chi connectivity index (χ1v) is 7.50. The second kappa shape index (κ2) is 5.36. The smallest absolute Gasteiger partial charge is 0.195 e. The molecule has 128 valence electrons. The lowest BCUT2D eigenvalue weighted by Crippen LogP contribution is -2.57. The standard InChI is InChI=1S/C18H20O6/c1-5-11-10-6-13(19)14(22-2)7-12(10)17(21)9-18(11,24-4)16(23-3)8-15(17)20/h5-8,11,19,21H,1,9H2,2-4H3. The third kappa shape index (κ3) is 1.87. The van der Waals surface area contributed by atoms with Crippen molar-refractivity contribution in [3.05, 3.63) is 47.7 Å². The number of phenolic OH excluding ortho intramolecular Hbond substituents is 1. The van der Waals surface area contributed by atoms with Gasteiger partial charge in [0.1, 0.15) is 11.4 Å². The number of hydrogen-bond donors (Lipinski definition) is 2. The average Bonchev–Trinajstić information content (AvgIpc) is 2.57. The fourth-order valence-electron chi connectivity index (χ4n) is 3.87. The van der Waals surface area contributed by atoms with E-state index in [0.717, 1.165) is 0 Å². The predicted octanol–water partition coefficient (Wildman–Crippen LogP) is 1.76. The Morgan fingerprint density at radius 2 is 2.00 bits per heavy atom. The first-order valence-electron chi connectivity index (χ1n) is 7.50. The number of methoxy groups -OCH3 is 3. The van der Waals surface area contributed by atoms with Crippen LogP contribution in [0.4, 0.5) is 0 Å². The van der Waals surface area contributed by atoms with E-state index in [2.05, 4.69) is 6.58 Å². The number of aromatic hydroxyl groups is 1. The zero-order chi connectivity index (χ0) is 17.7. The van der Waals surface area contributed by atoms with Gasteiger partial charge in [0.05, 0.1) is 14.2 Å². The highest BCUT2D eigenvalue weighted by Crippen LogP contribution is 2.57. The van der Waals surface area contributed by atoms with E-state index in [1.165, 1.54) is 39.5 Å². The van der Waals surface area contributed by atoms with Gasteiger partial charge in [-0.15, -0.1) is 6.58 Å². The number of benzene rings is 1. The number of aliphatic hydroxyl groups is 1. The van der Waals surface area contributed by atoms with Gasteiger partial charge in [-0.1, -0.05) is 6.08 Å². The molecule has 1 aromatic rings. The van der Waals surface area contributed by atoms with E-state index < -0.39 is 22.9 Å². The molecule has 3 unspecified atom stereocenters. The Labute approximate surface area is 140 Å². The van der Waals surface area contributed by atoms with Crippen LogP contribution >= 0.6 is 0 Å². The molecule has 1 aromatic carbocycles. The molecule has 6 nitrogen and oxygen atoms in total. The van der Waals surface area contributed by atoms with E-state index in [0.29, 0.717) is 16.9 Å². The number of carbonyl (C=O) groups excluding carboxylic acids is 1. The van der Waals surface area contributed by atoms with Crippen LogP contribution in [-0.2, 0) is 19.9 Å². The van der Waals surface area contributed by atoms with E-state index in [1.807, 2.05) is 0 Å². The van der Waals surface area contributed by atoms with E-state index in [9.17, 15) is 15.0 Å². The molecule has 2 bridgehead atoms. The van der Waals surface area contributed by atoms with Crippen LogP contribution in [0.25, 0.3) is 0 Å². The molecule has 0 spiro atoms. The van der Waals surface area contributed by atoms with Gasteiger partial charge in [-0.2, -0.15) is 0 Å². The summed E-state index contributed by atoms with van der Waals surface area (Å²) in [5, 5.41) is 21.3. The molecule has 2 aliphatic rings. The zero-order valence-corrected chi connectivity index (χ0v) is 13.8. The summed E-state index contributed by atoms with van der Waals surface area (Å²) in [5.41, 5.74) is -1.93. The van der Waals surface area contributed by atoms with Crippen LogP contribution in [-0.4, -0.2) is 42.9 Å². The monoisotopic (exact) mass is 332 g/mol. The lowest BCUT2D eigenvalue weighted by atomic mass is 9.60. The molecule has 3 atom stereocenters. The van der Waals surface area contributed by atoms with Gasteiger partial charge in [0, 0.05) is 25.5 Å². The van der Waals surface area contributed by atoms with Gasteiger partial charge in [0.2, 0.25) is 0 Å². The molecular weight excluding hydrogens is 312 g/mol. The minimum atomic E-state index is -1.78. The number of fused-ring (bicyclic) bond motifs is 4. The van der Waals surface area contributed by atoms with Crippen LogP contribution in [0.15, 0.2) is 36.6 Å². The normalized spacial score (nSPS) is 31.1. The molecule has 6 heteroatoms. The molecular formula is C18H20O6. The molecule has 2 N–H and O–H groups in total. The fourth-order valence-corrected chi connectivity index (χ4v) is 3.87. The van der Waals surface area contributed by atoms with Crippen molar-refractivity contribution in [2.45, 2.75) is 23.5 Å². The van der Waals surface area contributed by atoms with Crippen LogP contribution in [0.1, 0.15) is 23.5 Å². The average molecular weight is 332 g/mol. The number of hydrogen-bond acceptors (Lipinski definition) is 6. The number of ether oxygens (including phenoxy) is 3. The number of carbonyl (C=O) groups is 1. The zero-order valence-electron chi connectivity index (χ0n) is 13.8. The van der Waals surface area contributed by atoms with E-state index >= 15 is 0 Å². The summed E-state index contributed by atoms with van der Waals surface area (Å²) in [4.78, 5) is 12.6. The van der Waals surface area contributed by atoms with Crippen LogP contribution in [0, 0.1) is 0 Å². The molecule has 0 aromatic heterocycles. The van der Waals surface area contributed by atoms with Gasteiger partial charge < -0.3 is 24.4 Å². The quantitative estimate of drug-likeness (QED) is 0.817. The van der Waals surface area contributed by atoms with Crippen LogP contribution in [0.5, 0.6) is 11.5 Å². The van der Waals surface area contributed by atoms with Gasteiger partial charge in [-0.05, 0) is 23.3 Å². The van der Waals surface area contributed by atoms with Crippen LogP contribution in [0.3, 0.4) is 0 Å². The number of phenols is 1. The highest BCUT2D eigenvalue weighted by atomic mass is 16.5. The fraction of sp³-hybridized carbons (Fsp3) is 0.389. The van der Waals surface area contributed by atoms with Crippen LogP contribution < -0.4 is 4.74 Å². The molecule has 3 rings (SSSR count). The Morgan fingerprint density at radius 1 is 1.29 bits per heavy atom. The molecule has 2 aliphatic carbocycles. The maximum Gasteiger partial charge on any atom is 0.195 e. The maximum atomic E-state index is 12.6. The maximum absolute atomic E-state index is 12.6. The van der Waals surface area contributed by atoms with Crippen molar-refractivity contribution in [3.63, 3.8) is 0 Å².